The number of amides is 2. The summed E-state index contributed by atoms with van der Waals surface area (Å²) in [5.41, 5.74) is 7.09. The van der Waals surface area contributed by atoms with Crippen molar-refractivity contribution in [2.75, 3.05) is 10.6 Å². The van der Waals surface area contributed by atoms with E-state index in [1.54, 1.807) is 10.9 Å². The zero-order chi connectivity index (χ0) is 22.3. The van der Waals surface area contributed by atoms with Gasteiger partial charge in [-0.1, -0.05) is 0 Å². The number of hydrogen-bond acceptors (Lipinski definition) is 4. The largest absolute Gasteiger partial charge is 0.326 e. The Balaban J connectivity index is 1.70. The fourth-order valence-electron chi connectivity index (χ4n) is 3.80. The number of carbonyl (C=O) groups excluding carboxylic acids is 2. The first-order valence-electron chi connectivity index (χ1n) is 9.91. The van der Waals surface area contributed by atoms with Gasteiger partial charge in [-0.05, 0) is 61.7 Å². The lowest BCUT2D eigenvalue weighted by atomic mass is 10.0. The number of nitrogens with zero attached hydrogens (tertiary/aromatic N) is 3. The lowest BCUT2D eigenvalue weighted by molar-refractivity contribution is -0.114. The number of hydrogen-bond donors (Lipinski definition) is 3. The van der Waals surface area contributed by atoms with Crippen molar-refractivity contribution in [3.8, 4) is 11.3 Å². The lowest BCUT2D eigenvalue weighted by Crippen LogP contribution is -2.15. The minimum atomic E-state index is -0.198. The van der Waals surface area contributed by atoms with Gasteiger partial charge in [0, 0.05) is 48.1 Å². The predicted octanol–water partition coefficient (Wildman–Crippen LogP) is 4.10. The van der Waals surface area contributed by atoms with Gasteiger partial charge in [0.2, 0.25) is 5.91 Å². The predicted molar refractivity (Wildman–Crippen MR) is 121 cm³/mol. The van der Waals surface area contributed by atoms with Crippen LogP contribution in [-0.2, 0) is 11.8 Å². The van der Waals surface area contributed by atoms with E-state index in [2.05, 4.69) is 25.9 Å². The Kier molecular flexibility index (Phi) is 5.06. The second-order valence-electron chi connectivity index (χ2n) is 7.81. The Morgan fingerprint density at radius 2 is 1.71 bits per heavy atom. The summed E-state index contributed by atoms with van der Waals surface area (Å²) in [6.45, 7) is 7.18. The van der Waals surface area contributed by atoms with Crippen LogP contribution in [0.25, 0.3) is 22.2 Å². The van der Waals surface area contributed by atoms with Gasteiger partial charge in [-0.3, -0.25) is 19.4 Å². The van der Waals surface area contributed by atoms with Crippen LogP contribution in [0.2, 0.25) is 0 Å². The number of aromatic nitrogens is 4. The van der Waals surface area contributed by atoms with E-state index in [-0.39, 0.29) is 11.8 Å². The van der Waals surface area contributed by atoms with Crippen LogP contribution in [0.5, 0.6) is 0 Å². The highest BCUT2D eigenvalue weighted by atomic mass is 16.2. The molecular weight excluding hydrogens is 392 g/mol. The molecule has 2 aromatic heterocycles. The van der Waals surface area contributed by atoms with Crippen molar-refractivity contribution in [2.24, 2.45) is 7.05 Å². The zero-order valence-electron chi connectivity index (χ0n) is 18.1. The number of aryl methyl sites for hydroxylation is 4. The number of H-pyrrole nitrogens is 1. The van der Waals surface area contributed by atoms with Gasteiger partial charge in [-0.25, -0.2) is 0 Å². The molecule has 2 aromatic carbocycles. The van der Waals surface area contributed by atoms with Gasteiger partial charge in [0.1, 0.15) is 5.69 Å². The van der Waals surface area contributed by atoms with E-state index in [0.29, 0.717) is 11.3 Å². The van der Waals surface area contributed by atoms with E-state index >= 15 is 0 Å². The maximum Gasteiger partial charge on any atom is 0.255 e. The highest BCUT2D eigenvalue weighted by molar-refractivity contribution is 6.09. The fourth-order valence-corrected chi connectivity index (χ4v) is 3.80. The van der Waals surface area contributed by atoms with Crippen LogP contribution in [0, 0.1) is 20.8 Å². The van der Waals surface area contributed by atoms with Gasteiger partial charge in [0.15, 0.2) is 0 Å². The van der Waals surface area contributed by atoms with E-state index < -0.39 is 0 Å². The van der Waals surface area contributed by atoms with E-state index in [1.165, 1.54) is 6.92 Å². The first-order chi connectivity index (χ1) is 14.7. The second-order valence-corrected chi connectivity index (χ2v) is 7.81. The summed E-state index contributed by atoms with van der Waals surface area (Å²) in [6, 6.07) is 7.48. The molecule has 31 heavy (non-hydrogen) atoms. The Bertz CT molecular complexity index is 1310. The molecule has 4 aromatic rings. The number of rotatable bonds is 4. The van der Waals surface area contributed by atoms with E-state index in [9.17, 15) is 9.59 Å². The lowest BCUT2D eigenvalue weighted by Gasteiger charge is -2.15. The number of carbonyl (C=O) groups is 2. The zero-order valence-corrected chi connectivity index (χ0v) is 18.1. The van der Waals surface area contributed by atoms with Crippen molar-refractivity contribution in [2.45, 2.75) is 27.7 Å². The van der Waals surface area contributed by atoms with E-state index in [1.807, 2.05) is 58.3 Å². The SMILES string of the molecule is CC(=O)Nc1cc(C)c(NC(=O)c2cc3c(-c4cnn(C)c4)n[nH]c3cc2C)c(C)c1. The summed E-state index contributed by atoms with van der Waals surface area (Å²) in [7, 11) is 1.85. The molecule has 0 aliphatic heterocycles. The fraction of sp³-hybridized carbons (Fsp3) is 0.217. The molecule has 0 saturated heterocycles. The van der Waals surface area contributed by atoms with Crippen LogP contribution < -0.4 is 10.6 Å². The van der Waals surface area contributed by atoms with Gasteiger partial charge in [-0.15, -0.1) is 0 Å². The second kappa shape index (κ2) is 7.71. The summed E-state index contributed by atoms with van der Waals surface area (Å²) in [4.78, 5) is 24.5. The number of aromatic amines is 1. The van der Waals surface area contributed by atoms with Gasteiger partial charge in [0.05, 0.1) is 11.7 Å². The van der Waals surface area contributed by atoms with Gasteiger partial charge in [-0.2, -0.15) is 10.2 Å². The molecule has 2 amide bonds. The van der Waals surface area contributed by atoms with Gasteiger partial charge >= 0.3 is 0 Å². The van der Waals surface area contributed by atoms with Crippen molar-refractivity contribution in [1.29, 1.82) is 0 Å². The minimum absolute atomic E-state index is 0.135. The van der Waals surface area contributed by atoms with Crippen LogP contribution in [0.15, 0.2) is 36.7 Å². The third-order valence-electron chi connectivity index (χ3n) is 5.22. The monoisotopic (exact) mass is 416 g/mol. The van der Waals surface area contributed by atoms with E-state index in [0.717, 1.165) is 44.5 Å². The summed E-state index contributed by atoms with van der Waals surface area (Å²) in [5.74, 6) is -0.333. The topological polar surface area (TPSA) is 105 Å². The normalized spacial score (nSPS) is 11.0. The molecule has 2 heterocycles. The molecule has 4 rings (SSSR count). The third kappa shape index (κ3) is 3.92. The molecule has 0 aliphatic rings. The average molecular weight is 416 g/mol. The van der Waals surface area contributed by atoms with Crippen molar-refractivity contribution in [3.05, 3.63) is 58.9 Å². The molecule has 0 radical (unpaired) electrons. The molecule has 8 heteroatoms. The molecule has 158 valence electrons. The Labute approximate surface area is 179 Å². The van der Waals surface area contributed by atoms with Crippen molar-refractivity contribution < 1.29 is 9.59 Å². The summed E-state index contributed by atoms with van der Waals surface area (Å²) in [5, 5.41) is 18.3. The molecule has 0 unspecified atom stereocenters. The average Bonchev–Trinajstić information content (AvgIpc) is 3.28. The van der Waals surface area contributed by atoms with Crippen LogP contribution in [-0.4, -0.2) is 31.8 Å². The quantitative estimate of drug-likeness (QED) is 0.466. The maximum atomic E-state index is 13.2. The Morgan fingerprint density at radius 1 is 1.00 bits per heavy atom. The number of anilines is 2. The van der Waals surface area contributed by atoms with Crippen molar-refractivity contribution >= 4 is 34.1 Å². The minimum Gasteiger partial charge on any atom is -0.326 e. The molecule has 0 spiro atoms. The smallest absolute Gasteiger partial charge is 0.255 e. The molecule has 0 bridgehead atoms. The van der Waals surface area contributed by atoms with Crippen LogP contribution in [0.3, 0.4) is 0 Å². The summed E-state index contributed by atoms with van der Waals surface area (Å²) < 4.78 is 1.72. The number of fused-ring (bicyclic) bond motifs is 1. The number of nitrogens with one attached hydrogen (secondary N) is 3. The maximum absolute atomic E-state index is 13.2. The first kappa shape index (κ1) is 20.3. The number of benzene rings is 2. The van der Waals surface area contributed by atoms with Crippen LogP contribution in [0.4, 0.5) is 11.4 Å². The highest BCUT2D eigenvalue weighted by Gasteiger charge is 2.17. The molecule has 8 nitrogen and oxygen atoms in total. The first-order valence-corrected chi connectivity index (χ1v) is 9.91. The van der Waals surface area contributed by atoms with Crippen molar-refractivity contribution in [3.63, 3.8) is 0 Å². The Hall–Kier alpha value is -3.94. The van der Waals surface area contributed by atoms with Gasteiger partial charge in [0.25, 0.3) is 5.91 Å². The molecular formula is C23H24N6O2. The summed E-state index contributed by atoms with van der Waals surface area (Å²) >= 11 is 0. The van der Waals surface area contributed by atoms with Crippen LogP contribution >= 0.6 is 0 Å². The standard InChI is InChI=1S/C23H24N6O2/c1-12-8-20-19(22(28-27-20)16-10-24-29(5)11-16)9-18(12)23(31)26-21-13(2)6-17(7-14(21)3)25-15(4)30/h6-11H,1-5H3,(H,25,30)(H,26,31)(H,27,28). The van der Waals surface area contributed by atoms with Gasteiger partial charge < -0.3 is 10.6 Å². The highest BCUT2D eigenvalue weighted by Crippen LogP contribution is 2.30. The molecule has 0 fully saturated rings. The third-order valence-corrected chi connectivity index (χ3v) is 5.22. The molecule has 3 N–H and O–H groups in total. The molecule has 0 aliphatic carbocycles. The Morgan fingerprint density at radius 3 is 2.32 bits per heavy atom. The molecule has 0 saturated carbocycles. The van der Waals surface area contributed by atoms with Crippen molar-refractivity contribution in [1.82, 2.24) is 20.0 Å². The summed E-state index contributed by atoms with van der Waals surface area (Å²) in [6.07, 6.45) is 3.64. The van der Waals surface area contributed by atoms with E-state index in [4.69, 9.17) is 0 Å². The molecule has 0 atom stereocenters. The van der Waals surface area contributed by atoms with Crippen LogP contribution in [0.1, 0.15) is 34.0 Å².